The van der Waals surface area contributed by atoms with E-state index in [1.54, 1.807) is 12.1 Å². The van der Waals surface area contributed by atoms with Crippen molar-refractivity contribution in [2.45, 2.75) is 6.61 Å². The number of hydrogen-bond acceptors (Lipinski definition) is 5. The van der Waals surface area contributed by atoms with E-state index in [0.29, 0.717) is 5.56 Å². The zero-order valence-corrected chi connectivity index (χ0v) is 9.60. The number of hydrogen-bond donors (Lipinski definition) is 3. The Balaban J connectivity index is 2.67. The van der Waals surface area contributed by atoms with E-state index in [1.165, 1.54) is 19.2 Å². The van der Waals surface area contributed by atoms with Crippen molar-refractivity contribution in [2.75, 3.05) is 7.05 Å². The van der Waals surface area contributed by atoms with Gasteiger partial charge in [-0.05, 0) is 17.7 Å². The van der Waals surface area contributed by atoms with Crippen molar-refractivity contribution in [3.05, 3.63) is 35.4 Å². The van der Waals surface area contributed by atoms with Crippen molar-refractivity contribution in [1.29, 1.82) is 0 Å². The smallest absolute Gasteiger partial charge is 0.316 e. The molecule has 0 radical (unpaired) electrons. The van der Waals surface area contributed by atoms with Crippen molar-refractivity contribution in [1.82, 2.24) is 10.6 Å². The monoisotopic (exact) mass is 252 g/mol. The largest absolute Gasteiger partial charge is 0.351 e. The van der Waals surface area contributed by atoms with Gasteiger partial charge >= 0.3 is 11.8 Å². The molecule has 0 saturated heterocycles. The maximum atomic E-state index is 11.6. The van der Waals surface area contributed by atoms with Gasteiger partial charge in [-0.1, -0.05) is 12.1 Å². The first-order valence-corrected chi connectivity index (χ1v) is 5.01. The Labute approximate surface area is 103 Å². The van der Waals surface area contributed by atoms with E-state index >= 15 is 0 Å². The second-order valence-electron chi connectivity index (χ2n) is 3.33. The van der Waals surface area contributed by atoms with E-state index in [2.05, 4.69) is 10.2 Å². The molecule has 0 aliphatic rings. The predicted octanol–water partition coefficient (Wildman–Crippen LogP) is -0.321. The average Bonchev–Trinajstić information content (AvgIpc) is 2.38. The van der Waals surface area contributed by atoms with Gasteiger partial charge in [-0.3, -0.25) is 25.0 Å². The quantitative estimate of drug-likeness (QED) is 0.388. The lowest BCUT2D eigenvalue weighted by Gasteiger charge is -2.04. The number of carbonyl (C=O) groups excluding carboxylic acids is 3. The first-order chi connectivity index (χ1) is 8.58. The summed E-state index contributed by atoms with van der Waals surface area (Å²) in [4.78, 5) is 37.5. The minimum Gasteiger partial charge on any atom is -0.351 e. The molecule has 7 nitrogen and oxygen atoms in total. The van der Waals surface area contributed by atoms with Crippen LogP contribution in [0.3, 0.4) is 0 Å². The number of likely N-dealkylation sites (N-methyl/N-ethyl adjacent to an activating group) is 1. The highest BCUT2D eigenvalue weighted by atomic mass is 17.1. The number of carbonyl (C=O) groups is 3. The Kier molecular flexibility index (Phi) is 4.97. The van der Waals surface area contributed by atoms with Crippen LogP contribution in [0.1, 0.15) is 15.9 Å². The molecular weight excluding hydrogens is 240 g/mol. The van der Waals surface area contributed by atoms with Gasteiger partial charge in [0.25, 0.3) is 5.91 Å². The Hall–Kier alpha value is -2.25. The SMILES string of the molecule is CNC(=O)C(=O)NC(=O)c1ccc(COO)cc1. The highest BCUT2D eigenvalue weighted by Crippen LogP contribution is 2.05. The second kappa shape index (κ2) is 6.48. The summed E-state index contributed by atoms with van der Waals surface area (Å²) in [5.74, 6) is -2.60. The van der Waals surface area contributed by atoms with Crippen LogP contribution < -0.4 is 10.6 Å². The van der Waals surface area contributed by atoms with Crippen molar-refractivity contribution < 1.29 is 24.5 Å². The van der Waals surface area contributed by atoms with E-state index in [9.17, 15) is 14.4 Å². The fourth-order valence-corrected chi connectivity index (χ4v) is 1.17. The van der Waals surface area contributed by atoms with Crippen molar-refractivity contribution >= 4 is 17.7 Å². The fraction of sp³-hybridized carbons (Fsp3) is 0.182. The third kappa shape index (κ3) is 3.65. The zero-order chi connectivity index (χ0) is 13.5. The molecule has 1 rings (SSSR count). The summed E-state index contributed by atoms with van der Waals surface area (Å²) in [7, 11) is 1.29. The van der Waals surface area contributed by atoms with Crippen LogP contribution >= 0.6 is 0 Å². The van der Waals surface area contributed by atoms with E-state index in [1.807, 2.05) is 5.32 Å². The molecule has 0 fully saturated rings. The molecule has 18 heavy (non-hydrogen) atoms. The van der Waals surface area contributed by atoms with Crippen LogP contribution in [0.5, 0.6) is 0 Å². The van der Waals surface area contributed by atoms with Gasteiger partial charge in [-0.25, -0.2) is 4.89 Å². The summed E-state index contributed by atoms with van der Waals surface area (Å²) in [6, 6.07) is 5.99. The average molecular weight is 252 g/mol. The molecule has 0 aliphatic carbocycles. The summed E-state index contributed by atoms with van der Waals surface area (Å²) >= 11 is 0. The lowest BCUT2D eigenvalue weighted by Crippen LogP contribution is -2.41. The van der Waals surface area contributed by atoms with Crippen LogP contribution in [0.2, 0.25) is 0 Å². The molecule has 0 aliphatic heterocycles. The number of rotatable bonds is 3. The third-order valence-corrected chi connectivity index (χ3v) is 2.11. The van der Waals surface area contributed by atoms with E-state index in [0.717, 1.165) is 0 Å². The third-order valence-electron chi connectivity index (χ3n) is 2.11. The van der Waals surface area contributed by atoms with Crippen molar-refractivity contribution in [3.63, 3.8) is 0 Å². The van der Waals surface area contributed by atoms with Gasteiger partial charge < -0.3 is 5.32 Å². The van der Waals surface area contributed by atoms with Crippen LogP contribution in [-0.4, -0.2) is 30.0 Å². The van der Waals surface area contributed by atoms with Gasteiger partial charge in [0.2, 0.25) is 0 Å². The first kappa shape index (κ1) is 13.8. The first-order valence-electron chi connectivity index (χ1n) is 5.01. The second-order valence-corrected chi connectivity index (χ2v) is 3.33. The minimum atomic E-state index is -1.02. The summed E-state index contributed by atoms with van der Waals surface area (Å²) in [6.45, 7) is -0.000922. The molecule has 0 atom stereocenters. The predicted molar refractivity (Wildman–Crippen MR) is 60.4 cm³/mol. The maximum Gasteiger partial charge on any atom is 0.316 e. The fourth-order valence-electron chi connectivity index (χ4n) is 1.17. The zero-order valence-electron chi connectivity index (χ0n) is 9.60. The van der Waals surface area contributed by atoms with Gasteiger partial charge in [0, 0.05) is 12.6 Å². The number of amides is 3. The van der Waals surface area contributed by atoms with E-state index in [4.69, 9.17) is 5.26 Å². The lowest BCUT2D eigenvalue weighted by atomic mass is 10.1. The summed E-state index contributed by atoms with van der Waals surface area (Å²) in [5, 5.41) is 12.3. The number of benzene rings is 1. The molecule has 1 aromatic carbocycles. The lowest BCUT2D eigenvalue weighted by molar-refractivity contribution is -0.253. The standard InChI is InChI=1S/C11H12N2O5/c1-12-10(15)11(16)13-9(14)8-4-2-7(3-5-8)6-18-17/h2-5,17H,6H2,1H3,(H,12,15)(H,13,14,16). The highest BCUT2D eigenvalue weighted by Gasteiger charge is 2.15. The van der Waals surface area contributed by atoms with Crippen LogP contribution in [0.25, 0.3) is 0 Å². The van der Waals surface area contributed by atoms with Crippen LogP contribution in [-0.2, 0) is 21.1 Å². The van der Waals surface area contributed by atoms with Crippen LogP contribution in [0.4, 0.5) is 0 Å². The van der Waals surface area contributed by atoms with Gasteiger partial charge in [-0.15, -0.1) is 0 Å². The molecule has 0 spiro atoms. The normalized spacial score (nSPS) is 9.67. The molecule has 0 bridgehead atoms. The van der Waals surface area contributed by atoms with E-state index < -0.39 is 17.7 Å². The number of imide groups is 1. The molecule has 0 heterocycles. The van der Waals surface area contributed by atoms with Gasteiger partial charge in [-0.2, -0.15) is 0 Å². The topological polar surface area (TPSA) is 105 Å². The molecule has 0 unspecified atom stereocenters. The number of nitrogens with one attached hydrogen (secondary N) is 2. The molecule has 96 valence electrons. The van der Waals surface area contributed by atoms with Gasteiger partial charge in [0.1, 0.15) is 6.61 Å². The summed E-state index contributed by atoms with van der Waals surface area (Å²) in [5.41, 5.74) is 0.876. The molecule has 0 aromatic heterocycles. The van der Waals surface area contributed by atoms with Crippen molar-refractivity contribution in [3.8, 4) is 0 Å². The molecule has 3 amide bonds. The van der Waals surface area contributed by atoms with Gasteiger partial charge in [0.15, 0.2) is 0 Å². The maximum absolute atomic E-state index is 11.6. The molecule has 3 N–H and O–H groups in total. The Morgan fingerprint density at radius 1 is 1.17 bits per heavy atom. The molecular formula is C11H12N2O5. The summed E-state index contributed by atoms with van der Waals surface area (Å²) < 4.78 is 0. The van der Waals surface area contributed by atoms with Gasteiger partial charge in [0.05, 0.1) is 0 Å². The Morgan fingerprint density at radius 3 is 2.28 bits per heavy atom. The van der Waals surface area contributed by atoms with Crippen LogP contribution in [0.15, 0.2) is 24.3 Å². The molecule has 7 heteroatoms. The van der Waals surface area contributed by atoms with Crippen LogP contribution in [0, 0.1) is 0 Å². The Bertz CT molecular complexity index is 455. The van der Waals surface area contributed by atoms with Crippen molar-refractivity contribution in [2.24, 2.45) is 0 Å². The Morgan fingerprint density at radius 2 is 1.78 bits per heavy atom. The minimum absolute atomic E-state index is 0.000922. The summed E-state index contributed by atoms with van der Waals surface area (Å²) in [6.07, 6.45) is 0. The molecule has 1 aromatic rings. The van der Waals surface area contributed by atoms with E-state index in [-0.39, 0.29) is 12.2 Å². The highest BCUT2D eigenvalue weighted by molar-refractivity contribution is 6.38. The molecule has 0 saturated carbocycles.